The molecule has 0 spiro atoms. The van der Waals surface area contributed by atoms with E-state index in [4.69, 9.17) is 0 Å². The van der Waals surface area contributed by atoms with Gasteiger partial charge in [0.15, 0.2) is 0 Å². The maximum atomic E-state index is 2.68. The van der Waals surface area contributed by atoms with Gasteiger partial charge in [-0.05, 0) is 24.8 Å². The number of benzene rings is 1. The number of hydrogen-bond donors (Lipinski definition) is 0. The van der Waals surface area contributed by atoms with Crippen LogP contribution in [0.4, 0.5) is 0 Å². The van der Waals surface area contributed by atoms with Crippen molar-refractivity contribution >= 4 is 7.26 Å². The zero-order valence-corrected chi connectivity index (χ0v) is 35.6. The van der Waals surface area contributed by atoms with Crippen LogP contribution in [-0.2, 0) is 6.42 Å². The Morgan fingerprint density at radius 2 is 0.959 bits per heavy atom. The quantitative estimate of drug-likeness (QED) is 0.0369. The molecule has 0 fully saturated rings. The van der Waals surface area contributed by atoms with Crippen LogP contribution in [-0.4, -0.2) is 25.7 Å². The van der Waals surface area contributed by atoms with Gasteiger partial charge in [-0.3, -0.25) is 0 Å². The van der Waals surface area contributed by atoms with Crippen LogP contribution >= 0.6 is 7.26 Å². The van der Waals surface area contributed by atoms with Gasteiger partial charge in [-0.15, -0.1) is 0 Å². The number of aryl methyl sites for hydroxylation is 1. The van der Waals surface area contributed by atoms with Gasteiger partial charge in [0.25, 0.3) is 0 Å². The molecule has 0 N–H and O–H groups in total. The van der Waals surface area contributed by atoms with E-state index in [1.54, 1.807) is 17.9 Å². The van der Waals surface area contributed by atoms with E-state index in [0.29, 0.717) is 0 Å². The summed E-state index contributed by atoms with van der Waals surface area (Å²) in [5, 5.41) is 0. The Kier molecular flexibility index (Phi) is 32.7. The Morgan fingerprint density at radius 1 is 0.510 bits per heavy atom. The predicted octanol–water partition coefficient (Wildman–Crippen LogP) is 16.9. The molecule has 0 heterocycles. The van der Waals surface area contributed by atoms with Crippen LogP contribution < -0.4 is 0 Å². The summed E-state index contributed by atoms with van der Waals surface area (Å²) in [7, 11) is -0.968. The molecule has 0 amide bonds. The smallest absolute Gasteiger partial charge is 0.0654 e. The summed E-state index contributed by atoms with van der Waals surface area (Å²) in [4.78, 5) is 0. The molecule has 49 heavy (non-hydrogen) atoms. The minimum atomic E-state index is -0.968. The standard InChI is InChI=1S/C48H91P/c1-6-9-11-13-22-29-36-46(8-3)37-30-23-18-14-16-20-25-34-44-49(4,5)45-35-26-21-17-15-19-24-31-39-47(38-28-12-10-7-2)42-43-48-40-32-27-33-41-48/h27,32-33,36,40-41,47,49H,6-26,28-31,34-35,37-39,42-45H2,1-5H3/b46-36-. The second-order valence-electron chi connectivity index (χ2n) is 17.0. The van der Waals surface area contributed by atoms with Crippen LogP contribution in [0.2, 0.25) is 0 Å². The topological polar surface area (TPSA) is 0 Å². The SMILES string of the molecule is CCCCCCC/C=C(/CC)CCCCCCCCCC[PH](C)(C)CCCCCCCCCCC(CCCCCC)CCc1ccccc1. The Labute approximate surface area is 311 Å². The van der Waals surface area contributed by atoms with Crippen LogP contribution in [0.1, 0.15) is 225 Å². The molecule has 0 bridgehead atoms. The third-order valence-electron chi connectivity index (χ3n) is 11.7. The van der Waals surface area contributed by atoms with Gasteiger partial charge in [0.1, 0.15) is 0 Å². The first-order valence-electron chi connectivity index (χ1n) is 22.7. The fourth-order valence-electron chi connectivity index (χ4n) is 8.02. The van der Waals surface area contributed by atoms with E-state index in [9.17, 15) is 0 Å². The fourth-order valence-corrected chi connectivity index (χ4v) is 10.7. The average Bonchev–Trinajstić information content (AvgIpc) is 3.11. The molecular weight excluding hydrogens is 608 g/mol. The minimum Gasteiger partial charge on any atom is -0.0654 e. The van der Waals surface area contributed by atoms with E-state index < -0.39 is 7.26 Å². The molecule has 0 nitrogen and oxygen atoms in total. The van der Waals surface area contributed by atoms with Gasteiger partial charge >= 0.3 is 185 Å². The molecule has 1 unspecified atom stereocenters. The molecule has 0 saturated heterocycles. The molecule has 0 saturated carbocycles. The first kappa shape index (κ1) is 46.4. The van der Waals surface area contributed by atoms with E-state index in [1.807, 2.05) is 0 Å². The van der Waals surface area contributed by atoms with Crippen molar-refractivity contribution in [3.8, 4) is 0 Å². The average molecular weight is 699 g/mol. The van der Waals surface area contributed by atoms with E-state index in [-0.39, 0.29) is 0 Å². The first-order valence-corrected chi connectivity index (χ1v) is 26.1. The molecule has 1 atom stereocenters. The van der Waals surface area contributed by atoms with Crippen LogP contribution in [0.5, 0.6) is 0 Å². The first-order chi connectivity index (χ1) is 24.0. The third-order valence-corrected chi connectivity index (χ3v) is 15.1. The monoisotopic (exact) mass is 699 g/mol. The zero-order chi connectivity index (χ0) is 35.5. The molecule has 1 rings (SSSR count). The summed E-state index contributed by atoms with van der Waals surface area (Å²) < 4.78 is 0. The molecule has 0 aliphatic carbocycles. The fraction of sp³-hybridized carbons (Fsp3) is 0.833. The Hall–Kier alpha value is -0.610. The van der Waals surface area contributed by atoms with Crippen molar-refractivity contribution in [2.45, 2.75) is 226 Å². The van der Waals surface area contributed by atoms with Crippen molar-refractivity contribution < 1.29 is 0 Å². The molecule has 0 aliphatic heterocycles. The molecule has 0 aliphatic rings. The summed E-state index contributed by atoms with van der Waals surface area (Å²) in [5.41, 5.74) is 3.27. The summed E-state index contributed by atoms with van der Waals surface area (Å²) in [6, 6.07) is 11.2. The van der Waals surface area contributed by atoms with Crippen LogP contribution in [0.3, 0.4) is 0 Å². The van der Waals surface area contributed by atoms with Crippen molar-refractivity contribution in [3.05, 3.63) is 47.5 Å². The molecule has 0 radical (unpaired) electrons. The van der Waals surface area contributed by atoms with Gasteiger partial charge in [-0.2, -0.15) is 0 Å². The van der Waals surface area contributed by atoms with Gasteiger partial charge in [0, 0.05) is 0 Å². The Balaban J connectivity index is 1.97. The summed E-state index contributed by atoms with van der Waals surface area (Å²) in [5.74, 6) is 0.945. The van der Waals surface area contributed by atoms with Gasteiger partial charge in [0.05, 0.1) is 0 Å². The second-order valence-corrected chi connectivity index (χ2v) is 22.3. The van der Waals surface area contributed by atoms with E-state index in [1.165, 1.54) is 211 Å². The Morgan fingerprint density at radius 3 is 1.49 bits per heavy atom. The third kappa shape index (κ3) is 30.7. The summed E-state index contributed by atoms with van der Waals surface area (Å²) >= 11 is 0. The predicted molar refractivity (Wildman–Crippen MR) is 232 cm³/mol. The summed E-state index contributed by atoms with van der Waals surface area (Å²) in [6.45, 7) is 12.3. The van der Waals surface area contributed by atoms with E-state index >= 15 is 0 Å². The number of unbranched alkanes of at least 4 members (excludes halogenated alkanes) is 22. The van der Waals surface area contributed by atoms with E-state index in [0.717, 1.165) is 5.92 Å². The summed E-state index contributed by atoms with van der Waals surface area (Å²) in [6.07, 6.45) is 51.6. The second kappa shape index (κ2) is 34.5. The maximum absolute atomic E-state index is 2.68. The zero-order valence-electron chi connectivity index (χ0n) is 34.6. The molecule has 1 heteroatoms. The van der Waals surface area contributed by atoms with Crippen molar-refractivity contribution in [3.63, 3.8) is 0 Å². The van der Waals surface area contributed by atoms with Crippen molar-refractivity contribution in [2.75, 3.05) is 25.7 Å². The minimum absolute atomic E-state index is 0.945. The normalized spacial score (nSPS) is 13.3. The van der Waals surface area contributed by atoms with Gasteiger partial charge < -0.3 is 0 Å². The number of rotatable bonds is 37. The molecule has 288 valence electrons. The van der Waals surface area contributed by atoms with Crippen molar-refractivity contribution in [2.24, 2.45) is 5.92 Å². The van der Waals surface area contributed by atoms with Crippen LogP contribution in [0.15, 0.2) is 42.0 Å². The van der Waals surface area contributed by atoms with Crippen molar-refractivity contribution in [1.29, 1.82) is 0 Å². The molecular formula is C48H91P. The molecule has 0 aromatic heterocycles. The van der Waals surface area contributed by atoms with Gasteiger partial charge in [-0.25, -0.2) is 0 Å². The number of allylic oxidation sites excluding steroid dienone is 2. The molecule has 1 aromatic carbocycles. The van der Waals surface area contributed by atoms with E-state index in [2.05, 4.69) is 70.5 Å². The Bertz CT molecular complexity index is 823. The van der Waals surface area contributed by atoms with Gasteiger partial charge in [0.2, 0.25) is 0 Å². The van der Waals surface area contributed by atoms with Gasteiger partial charge in [-0.1, -0.05) is 102 Å². The van der Waals surface area contributed by atoms with Crippen molar-refractivity contribution in [1.82, 2.24) is 0 Å². The van der Waals surface area contributed by atoms with Crippen LogP contribution in [0.25, 0.3) is 0 Å². The molecule has 1 aromatic rings. The number of hydrogen-bond acceptors (Lipinski definition) is 0. The van der Waals surface area contributed by atoms with Crippen LogP contribution in [0, 0.1) is 5.92 Å².